The summed E-state index contributed by atoms with van der Waals surface area (Å²) in [6.45, 7) is 4.53. The number of hydrogen-bond acceptors (Lipinski definition) is 3. The molecule has 0 aromatic rings. The van der Waals surface area contributed by atoms with Gasteiger partial charge in [-0.3, -0.25) is 0 Å². The van der Waals surface area contributed by atoms with Crippen LogP contribution in [-0.2, 0) is 4.79 Å². The van der Waals surface area contributed by atoms with Crippen LogP contribution in [0.15, 0.2) is 0 Å². The second kappa shape index (κ2) is 29.9. The summed E-state index contributed by atoms with van der Waals surface area (Å²) in [4.78, 5) is 11.8. The molecule has 0 aliphatic carbocycles. The lowest BCUT2D eigenvalue weighted by atomic mass is 9.87. The van der Waals surface area contributed by atoms with E-state index < -0.39 is 17.7 Å². The van der Waals surface area contributed by atoms with E-state index in [1.54, 1.807) is 0 Å². The number of carboxylic acids is 1. The second-order valence-electron chi connectivity index (χ2n) is 12.8. The highest BCUT2D eigenvalue weighted by molar-refractivity contribution is 5.77. The van der Waals surface area contributed by atoms with Gasteiger partial charge in [-0.2, -0.15) is 0 Å². The average Bonchev–Trinajstić information content (AvgIpc) is 2.94. The highest BCUT2D eigenvalue weighted by Gasteiger charge is 2.42. The Hall–Kier alpha value is -0.610. The number of aliphatic hydroxyl groups excluding tert-OH is 1. The van der Waals surface area contributed by atoms with Gasteiger partial charge in [0.1, 0.15) is 0 Å². The minimum atomic E-state index is -1.99. The van der Waals surface area contributed by atoms with Gasteiger partial charge in [-0.05, 0) is 19.3 Å². The van der Waals surface area contributed by atoms with Gasteiger partial charge in [0.2, 0.25) is 0 Å². The molecule has 0 bridgehead atoms. The lowest BCUT2D eigenvalue weighted by Crippen LogP contribution is -2.49. The minimum absolute atomic E-state index is 0.153. The third-order valence-corrected chi connectivity index (χ3v) is 8.91. The Balaban J connectivity index is 3.67. The first-order valence-electron chi connectivity index (χ1n) is 18.1. The van der Waals surface area contributed by atoms with Gasteiger partial charge >= 0.3 is 5.97 Å². The Morgan fingerprint density at radius 3 is 1.00 bits per heavy atom. The SMILES string of the molecule is CCCCCCCCCCCCCCCCCCC(O)(C(=O)O)C(O)CCCCCCCCCCCCCCC. The van der Waals surface area contributed by atoms with Gasteiger partial charge in [-0.15, -0.1) is 0 Å². The largest absolute Gasteiger partial charge is 0.479 e. The summed E-state index contributed by atoms with van der Waals surface area (Å²) >= 11 is 0. The smallest absolute Gasteiger partial charge is 0.338 e. The van der Waals surface area contributed by atoms with Crippen molar-refractivity contribution in [3.63, 3.8) is 0 Å². The van der Waals surface area contributed by atoms with Crippen LogP contribution in [0.4, 0.5) is 0 Å². The summed E-state index contributed by atoms with van der Waals surface area (Å²) in [5.74, 6) is -1.27. The molecule has 0 heterocycles. The molecule has 0 aromatic carbocycles. The zero-order chi connectivity index (χ0) is 29.6. The van der Waals surface area contributed by atoms with E-state index in [1.165, 1.54) is 148 Å². The quantitative estimate of drug-likeness (QED) is 0.0688. The molecule has 0 saturated heterocycles. The fourth-order valence-corrected chi connectivity index (χ4v) is 5.95. The summed E-state index contributed by atoms with van der Waals surface area (Å²) in [6, 6.07) is 0. The van der Waals surface area contributed by atoms with Crippen molar-refractivity contribution in [1.29, 1.82) is 0 Å². The molecule has 4 heteroatoms. The van der Waals surface area contributed by atoms with Crippen molar-refractivity contribution in [3.8, 4) is 0 Å². The van der Waals surface area contributed by atoms with Gasteiger partial charge in [0.15, 0.2) is 5.60 Å². The summed E-state index contributed by atoms with van der Waals surface area (Å²) in [5.41, 5.74) is -1.99. The van der Waals surface area contributed by atoms with Crippen LogP contribution < -0.4 is 0 Å². The summed E-state index contributed by atoms with van der Waals surface area (Å²) < 4.78 is 0. The summed E-state index contributed by atoms with van der Waals surface area (Å²) in [6.07, 6.45) is 35.9. The third-order valence-electron chi connectivity index (χ3n) is 8.91. The number of hydrogen-bond donors (Lipinski definition) is 3. The molecular weight excluding hydrogens is 496 g/mol. The number of carboxylic acid groups (broad SMARTS) is 1. The highest BCUT2D eigenvalue weighted by atomic mass is 16.4. The van der Waals surface area contributed by atoms with Crippen LogP contribution in [0.3, 0.4) is 0 Å². The van der Waals surface area contributed by atoms with E-state index in [4.69, 9.17) is 0 Å². The molecule has 0 radical (unpaired) electrons. The molecule has 0 saturated carbocycles. The number of carbonyl (C=O) groups is 1. The van der Waals surface area contributed by atoms with E-state index >= 15 is 0 Å². The van der Waals surface area contributed by atoms with E-state index in [0.717, 1.165) is 32.1 Å². The van der Waals surface area contributed by atoms with Crippen LogP contribution in [0.1, 0.15) is 213 Å². The Kier molecular flexibility index (Phi) is 29.4. The molecule has 0 aliphatic rings. The van der Waals surface area contributed by atoms with E-state index in [9.17, 15) is 20.1 Å². The first-order valence-corrected chi connectivity index (χ1v) is 18.1. The Morgan fingerprint density at radius 2 is 0.725 bits per heavy atom. The van der Waals surface area contributed by atoms with Crippen molar-refractivity contribution < 1.29 is 20.1 Å². The number of rotatable bonds is 33. The summed E-state index contributed by atoms with van der Waals surface area (Å²) in [5, 5.41) is 30.8. The van der Waals surface area contributed by atoms with Crippen molar-refractivity contribution in [2.45, 2.75) is 225 Å². The van der Waals surface area contributed by atoms with Crippen molar-refractivity contribution in [2.24, 2.45) is 0 Å². The van der Waals surface area contributed by atoms with Crippen molar-refractivity contribution >= 4 is 5.97 Å². The van der Waals surface area contributed by atoms with Crippen LogP contribution >= 0.6 is 0 Å². The Morgan fingerprint density at radius 1 is 0.475 bits per heavy atom. The molecule has 0 aromatic heterocycles. The van der Waals surface area contributed by atoms with Gasteiger partial charge in [0.25, 0.3) is 0 Å². The average molecular weight is 569 g/mol. The van der Waals surface area contributed by atoms with E-state index in [0.29, 0.717) is 12.8 Å². The fraction of sp³-hybridized carbons (Fsp3) is 0.972. The van der Waals surface area contributed by atoms with Crippen LogP contribution in [0.2, 0.25) is 0 Å². The summed E-state index contributed by atoms with van der Waals surface area (Å²) in [7, 11) is 0. The van der Waals surface area contributed by atoms with Crippen LogP contribution in [0.5, 0.6) is 0 Å². The lowest BCUT2D eigenvalue weighted by Gasteiger charge is -2.29. The normalized spacial score (nSPS) is 13.9. The van der Waals surface area contributed by atoms with Crippen molar-refractivity contribution in [3.05, 3.63) is 0 Å². The maximum atomic E-state index is 11.8. The predicted octanol–water partition coefficient (Wildman–Crippen LogP) is 11.3. The predicted molar refractivity (Wildman–Crippen MR) is 173 cm³/mol. The lowest BCUT2D eigenvalue weighted by molar-refractivity contribution is -0.173. The van der Waals surface area contributed by atoms with Crippen LogP contribution in [0.25, 0.3) is 0 Å². The molecule has 0 rings (SSSR count). The van der Waals surface area contributed by atoms with Gasteiger partial charge in [0, 0.05) is 0 Å². The van der Waals surface area contributed by atoms with Crippen LogP contribution in [0, 0.1) is 0 Å². The van der Waals surface area contributed by atoms with Crippen molar-refractivity contribution in [1.82, 2.24) is 0 Å². The molecule has 40 heavy (non-hydrogen) atoms. The monoisotopic (exact) mass is 569 g/mol. The zero-order valence-electron chi connectivity index (χ0n) is 27.2. The number of aliphatic hydroxyl groups is 2. The molecule has 3 N–H and O–H groups in total. The molecule has 4 nitrogen and oxygen atoms in total. The fourth-order valence-electron chi connectivity index (χ4n) is 5.95. The maximum Gasteiger partial charge on any atom is 0.338 e. The van der Waals surface area contributed by atoms with E-state index in [2.05, 4.69) is 13.8 Å². The molecule has 0 amide bonds. The van der Waals surface area contributed by atoms with E-state index in [-0.39, 0.29) is 6.42 Å². The standard InChI is InChI=1S/C36H72O4/c1-3-5-7-9-11-13-15-17-18-19-21-23-25-27-29-31-33-36(40,35(38)39)34(37)32-30-28-26-24-22-20-16-14-12-10-8-6-4-2/h34,37,40H,3-33H2,1-2H3,(H,38,39). The molecule has 240 valence electrons. The second-order valence-corrected chi connectivity index (χ2v) is 12.8. The maximum absolute atomic E-state index is 11.8. The van der Waals surface area contributed by atoms with Gasteiger partial charge < -0.3 is 15.3 Å². The van der Waals surface area contributed by atoms with Crippen molar-refractivity contribution in [2.75, 3.05) is 0 Å². The Bertz CT molecular complexity index is 523. The van der Waals surface area contributed by atoms with Gasteiger partial charge in [-0.1, -0.05) is 194 Å². The molecule has 2 unspecified atom stereocenters. The highest BCUT2D eigenvalue weighted by Crippen LogP contribution is 2.25. The molecule has 0 aliphatic heterocycles. The molecule has 0 fully saturated rings. The number of aliphatic carboxylic acids is 1. The number of unbranched alkanes of at least 4 members (excludes halogenated alkanes) is 27. The molecular formula is C36H72O4. The first-order chi connectivity index (χ1) is 19.5. The van der Waals surface area contributed by atoms with E-state index in [1.807, 2.05) is 0 Å². The molecule has 2 atom stereocenters. The van der Waals surface area contributed by atoms with Gasteiger partial charge in [-0.25, -0.2) is 4.79 Å². The van der Waals surface area contributed by atoms with Gasteiger partial charge in [0.05, 0.1) is 6.10 Å². The zero-order valence-corrected chi connectivity index (χ0v) is 27.2. The minimum Gasteiger partial charge on any atom is -0.479 e. The Labute approximate surface area is 250 Å². The third kappa shape index (κ3) is 24.0. The topological polar surface area (TPSA) is 77.8 Å². The molecule has 0 spiro atoms. The first kappa shape index (κ1) is 39.4. The van der Waals surface area contributed by atoms with Crippen LogP contribution in [-0.4, -0.2) is 33.0 Å².